The lowest BCUT2D eigenvalue weighted by molar-refractivity contribution is -0.137. The molecule has 0 aliphatic heterocycles. The predicted molar refractivity (Wildman–Crippen MR) is 64.8 cm³/mol. The number of carbonyl (C=O) groups is 1. The number of nitrogens with one attached hydrogen (secondary N) is 1. The molecule has 0 heterocycles. The lowest BCUT2D eigenvalue weighted by Gasteiger charge is -2.06. The molecule has 3 nitrogen and oxygen atoms in total. The van der Waals surface area contributed by atoms with Gasteiger partial charge in [-0.25, -0.2) is 0 Å². The number of hydrogen-bond donors (Lipinski definition) is 2. The Hall–Kier alpha value is -2.08. The van der Waals surface area contributed by atoms with Gasteiger partial charge < -0.3 is 10.4 Å². The Balaban J connectivity index is 2.68. The molecule has 1 amide bonds. The minimum atomic E-state index is -4.38. The second kappa shape index (κ2) is 6.19. The van der Waals surface area contributed by atoms with Crippen LogP contribution in [0.5, 0.6) is 0 Å². The summed E-state index contributed by atoms with van der Waals surface area (Å²) >= 11 is 0. The van der Waals surface area contributed by atoms with Crippen molar-refractivity contribution < 1.29 is 23.1 Å². The molecule has 2 N–H and O–H groups in total. The van der Waals surface area contributed by atoms with E-state index in [4.69, 9.17) is 5.11 Å². The molecule has 0 aliphatic rings. The molecule has 0 fully saturated rings. The maximum Gasteiger partial charge on any atom is 0.416 e. The number of aliphatic hydroxyl groups is 1. The third-order valence-corrected chi connectivity index (χ3v) is 2.16. The first-order chi connectivity index (χ1) is 8.82. The monoisotopic (exact) mass is 271 g/mol. The van der Waals surface area contributed by atoms with Crippen molar-refractivity contribution in [3.05, 3.63) is 53.7 Å². The van der Waals surface area contributed by atoms with Crippen molar-refractivity contribution in [2.75, 3.05) is 6.61 Å². The van der Waals surface area contributed by atoms with E-state index in [0.717, 1.165) is 18.2 Å². The van der Waals surface area contributed by atoms with Crippen molar-refractivity contribution in [1.29, 1.82) is 0 Å². The fourth-order valence-electron chi connectivity index (χ4n) is 1.21. The van der Waals surface area contributed by atoms with E-state index in [-0.39, 0.29) is 12.3 Å². The van der Waals surface area contributed by atoms with E-state index in [9.17, 15) is 18.0 Å². The smallest absolute Gasteiger partial charge is 0.390 e. The van der Waals surface area contributed by atoms with E-state index >= 15 is 0 Å². The van der Waals surface area contributed by atoms with E-state index < -0.39 is 17.6 Å². The molecule has 0 unspecified atom stereocenters. The average molecular weight is 271 g/mol. The predicted octanol–water partition coefficient (Wildman–Crippen LogP) is 2.34. The van der Waals surface area contributed by atoms with Gasteiger partial charge >= 0.3 is 6.18 Å². The zero-order valence-electron chi connectivity index (χ0n) is 9.87. The summed E-state index contributed by atoms with van der Waals surface area (Å²) in [6, 6.07) is 4.38. The minimum absolute atomic E-state index is 0.141. The maximum atomic E-state index is 12.3. The first-order valence-corrected chi connectivity index (χ1v) is 5.28. The number of amides is 1. The van der Waals surface area contributed by atoms with Gasteiger partial charge in [0.1, 0.15) is 0 Å². The minimum Gasteiger partial charge on any atom is -0.390 e. The zero-order chi connectivity index (χ0) is 14.5. The standard InChI is InChI=1S/C13H12F3NO2/c1-9(8-18)17-12(19)7-4-10-2-5-11(6-3-10)13(14,15)16/h2-7,18H,1,8H2,(H,17,19)/b7-4+. The Morgan fingerprint density at radius 1 is 1.32 bits per heavy atom. The van der Waals surface area contributed by atoms with Gasteiger partial charge in [-0.15, -0.1) is 0 Å². The topological polar surface area (TPSA) is 49.3 Å². The van der Waals surface area contributed by atoms with Crippen molar-refractivity contribution in [1.82, 2.24) is 5.32 Å². The summed E-state index contributed by atoms with van der Waals surface area (Å²) in [7, 11) is 0. The summed E-state index contributed by atoms with van der Waals surface area (Å²) in [5.41, 5.74) is -0.150. The third-order valence-electron chi connectivity index (χ3n) is 2.16. The summed E-state index contributed by atoms with van der Waals surface area (Å²) in [6.07, 6.45) is -1.87. The Labute approximate surface area is 108 Å². The van der Waals surface area contributed by atoms with Crippen LogP contribution < -0.4 is 5.32 Å². The fourth-order valence-corrected chi connectivity index (χ4v) is 1.21. The summed E-state index contributed by atoms with van der Waals surface area (Å²) in [5, 5.41) is 10.9. The van der Waals surface area contributed by atoms with Gasteiger partial charge in [-0.05, 0) is 23.8 Å². The van der Waals surface area contributed by atoms with E-state index in [1.807, 2.05) is 0 Å². The van der Waals surface area contributed by atoms with E-state index in [0.29, 0.717) is 5.56 Å². The van der Waals surface area contributed by atoms with Crippen molar-refractivity contribution in [2.24, 2.45) is 0 Å². The Bertz CT molecular complexity index is 490. The molecular formula is C13H12F3NO2. The number of halogens is 3. The second-order valence-corrected chi connectivity index (χ2v) is 3.70. The summed E-state index contributed by atoms with van der Waals surface area (Å²) in [5.74, 6) is -0.515. The van der Waals surface area contributed by atoms with Gasteiger partial charge in [0.05, 0.1) is 12.2 Å². The van der Waals surface area contributed by atoms with Crippen molar-refractivity contribution in [3.8, 4) is 0 Å². The molecule has 1 aromatic rings. The molecular weight excluding hydrogens is 259 g/mol. The fraction of sp³-hybridized carbons (Fsp3) is 0.154. The highest BCUT2D eigenvalue weighted by atomic mass is 19.4. The highest BCUT2D eigenvalue weighted by molar-refractivity contribution is 5.92. The quantitative estimate of drug-likeness (QED) is 0.826. The van der Waals surface area contributed by atoms with Gasteiger partial charge in [0.25, 0.3) is 0 Å². The van der Waals surface area contributed by atoms with Crippen LogP contribution in [-0.2, 0) is 11.0 Å². The van der Waals surface area contributed by atoms with Crippen LogP contribution in [0.25, 0.3) is 6.08 Å². The molecule has 0 aromatic heterocycles. The number of hydrogen-bond acceptors (Lipinski definition) is 2. The summed E-state index contributed by atoms with van der Waals surface area (Å²) in [4.78, 5) is 11.3. The zero-order valence-corrected chi connectivity index (χ0v) is 9.87. The summed E-state index contributed by atoms with van der Waals surface area (Å²) < 4.78 is 36.9. The number of benzene rings is 1. The molecule has 1 rings (SSSR count). The van der Waals surface area contributed by atoms with Crippen molar-refractivity contribution in [2.45, 2.75) is 6.18 Å². The molecule has 0 saturated heterocycles. The molecule has 1 aromatic carbocycles. The number of alkyl halides is 3. The van der Waals surface area contributed by atoms with E-state index in [1.165, 1.54) is 18.2 Å². The second-order valence-electron chi connectivity index (χ2n) is 3.70. The molecule has 19 heavy (non-hydrogen) atoms. The first kappa shape index (κ1) is 15.0. The Morgan fingerprint density at radius 2 is 1.89 bits per heavy atom. The number of aliphatic hydroxyl groups excluding tert-OH is 1. The van der Waals surface area contributed by atoms with Gasteiger partial charge in [-0.3, -0.25) is 4.79 Å². The van der Waals surface area contributed by atoms with Gasteiger partial charge in [-0.1, -0.05) is 18.7 Å². The lowest BCUT2D eigenvalue weighted by Crippen LogP contribution is -2.21. The maximum absolute atomic E-state index is 12.3. The first-order valence-electron chi connectivity index (χ1n) is 5.28. The average Bonchev–Trinajstić information content (AvgIpc) is 2.35. The molecule has 6 heteroatoms. The van der Waals surface area contributed by atoms with Crippen LogP contribution in [-0.4, -0.2) is 17.6 Å². The van der Waals surface area contributed by atoms with Gasteiger partial charge in [0.2, 0.25) is 5.91 Å². The molecule has 102 valence electrons. The van der Waals surface area contributed by atoms with Gasteiger partial charge in [0, 0.05) is 11.8 Å². The lowest BCUT2D eigenvalue weighted by atomic mass is 10.1. The van der Waals surface area contributed by atoms with Crippen LogP contribution in [0.1, 0.15) is 11.1 Å². The van der Waals surface area contributed by atoms with Crippen LogP contribution in [0.15, 0.2) is 42.6 Å². The van der Waals surface area contributed by atoms with Crippen LogP contribution in [0.4, 0.5) is 13.2 Å². The third kappa shape index (κ3) is 4.97. The number of rotatable bonds is 4. The van der Waals surface area contributed by atoms with Crippen LogP contribution in [0, 0.1) is 0 Å². The van der Waals surface area contributed by atoms with Gasteiger partial charge in [0.15, 0.2) is 0 Å². The largest absolute Gasteiger partial charge is 0.416 e. The van der Waals surface area contributed by atoms with Crippen LogP contribution in [0.2, 0.25) is 0 Å². The highest BCUT2D eigenvalue weighted by Crippen LogP contribution is 2.29. The molecule has 0 aliphatic carbocycles. The van der Waals surface area contributed by atoms with Gasteiger partial charge in [-0.2, -0.15) is 13.2 Å². The van der Waals surface area contributed by atoms with Crippen LogP contribution in [0.3, 0.4) is 0 Å². The van der Waals surface area contributed by atoms with E-state index in [2.05, 4.69) is 11.9 Å². The SMILES string of the molecule is C=C(CO)NC(=O)/C=C/c1ccc(C(F)(F)F)cc1. The van der Waals surface area contributed by atoms with Crippen LogP contribution >= 0.6 is 0 Å². The molecule has 0 saturated carbocycles. The number of carbonyl (C=O) groups excluding carboxylic acids is 1. The highest BCUT2D eigenvalue weighted by Gasteiger charge is 2.29. The van der Waals surface area contributed by atoms with Crippen molar-refractivity contribution >= 4 is 12.0 Å². The molecule has 0 bridgehead atoms. The molecule has 0 radical (unpaired) electrons. The van der Waals surface area contributed by atoms with Crippen molar-refractivity contribution in [3.63, 3.8) is 0 Å². The summed E-state index contributed by atoms with van der Waals surface area (Å²) in [6.45, 7) is 2.99. The molecule has 0 atom stereocenters. The Morgan fingerprint density at radius 3 is 2.37 bits per heavy atom. The Kier molecular flexibility index (Phi) is 4.88. The normalized spacial score (nSPS) is 11.6. The molecule has 0 spiro atoms. The van der Waals surface area contributed by atoms with E-state index in [1.54, 1.807) is 0 Å².